The fraction of sp³-hybridized carbons (Fsp3) is 0.125. The zero-order valence-corrected chi connectivity index (χ0v) is 7.13. The molecule has 0 unspecified atom stereocenters. The molecular formula is C8H6ClNO2. The lowest BCUT2D eigenvalue weighted by molar-refractivity contribution is 0.412. The Bertz CT molecular complexity index is 410. The average Bonchev–Trinajstić information content (AvgIpc) is 2.47. The highest BCUT2D eigenvalue weighted by Crippen LogP contribution is 2.25. The van der Waals surface area contributed by atoms with Crippen molar-refractivity contribution in [2.24, 2.45) is 0 Å². The molecule has 0 N–H and O–H groups in total. The summed E-state index contributed by atoms with van der Waals surface area (Å²) < 4.78 is 9.93. The lowest BCUT2D eigenvalue weighted by Crippen LogP contribution is -1.80. The maximum atomic E-state index is 5.72. The van der Waals surface area contributed by atoms with Crippen LogP contribution in [0.25, 0.3) is 11.0 Å². The van der Waals surface area contributed by atoms with Crippen molar-refractivity contribution >= 4 is 22.6 Å². The molecular weight excluding hydrogens is 178 g/mol. The summed E-state index contributed by atoms with van der Waals surface area (Å²) in [5, 5.41) is 4.79. The number of halogens is 1. The predicted molar refractivity (Wildman–Crippen MR) is 45.6 cm³/mol. The molecule has 0 aliphatic heterocycles. The highest BCUT2D eigenvalue weighted by atomic mass is 35.5. The van der Waals surface area contributed by atoms with Gasteiger partial charge in [-0.05, 0) is 12.1 Å². The van der Waals surface area contributed by atoms with Gasteiger partial charge in [0.1, 0.15) is 5.75 Å². The van der Waals surface area contributed by atoms with Crippen molar-refractivity contribution in [1.82, 2.24) is 5.16 Å². The van der Waals surface area contributed by atoms with Crippen LogP contribution in [0.4, 0.5) is 0 Å². The molecule has 0 saturated heterocycles. The van der Waals surface area contributed by atoms with E-state index in [-0.39, 0.29) is 0 Å². The summed E-state index contributed by atoms with van der Waals surface area (Å²) in [6.07, 6.45) is 0. The van der Waals surface area contributed by atoms with Crippen molar-refractivity contribution in [3.8, 4) is 5.75 Å². The summed E-state index contributed by atoms with van der Waals surface area (Å²) in [5.74, 6) is 0.732. The van der Waals surface area contributed by atoms with E-state index in [0.29, 0.717) is 10.7 Å². The zero-order valence-electron chi connectivity index (χ0n) is 6.37. The maximum absolute atomic E-state index is 5.72. The van der Waals surface area contributed by atoms with Gasteiger partial charge < -0.3 is 9.26 Å². The molecule has 0 saturated carbocycles. The van der Waals surface area contributed by atoms with E-state index in [1.54, 1.807) is 13.2 Å². The number of fused-ring (bicyclic) bond motifs is 1. The van der Waals surface area contributed by atoms with E-state index >= 15 is 0 Å². The first kappa shape index (κ1) is 7.43. The van der Waals surface area contributed by atoms with Crippen molar-refractivity contribution < 1.29 is 9.26 Å². The molecule has 0 aliphatic rings. The third kappa shape index (κ3) is 1.02. The van der Waals surface area contributed by atoms with Crippen molar-refractivity contribution in [2.45, 2.75) is 0 Å². The normalized spacial score (nSPS) is 10.5. The second kappa shape index (κ2) is 2.68. The van der Waals surface area contributed by atoms with Crippen LogP contribution in [0, 0.1) is 0 Å². The van der Waals surface area contributed by atoms with Gasteiger partial charge in [0.15, 0.2) is 10.7 Å². The number of hydrogen-bond acceptors (Lipinski definition) is 3. The Morgan fingerprint density at radius 1 is 1.50 bits per heavy atom. The average molecular weight is 184 g/mol. The van der Waals surface area contributed by atoms with Crippen LogP contribution in [0.2, 0.25) is 5.15 Å². The molecule has 1 heterocycles. The van der Waals surface area contributed by atoms with Crippen molar-refractivity contribution in [3.05, 3.63) is 23.4 Å². The van der Waals surface area contributed by atoms with Crippen LogP contribution >= 0.6 is 11.6 Å². The third-order valence-electron chi connectivity index (χ3n) is 1.64. The van der Waals surface area contributed by atoms with E-state index in [1.807, 2.05) is 12.1 Å². The summed E-state index contributed by atoms with van der Waals surface area (Å²) in [4.78, 5) is 0. The van der Waals surface area contributed by atoms with Gasteiger partial charge in [0.2, 0.25) is 0 Å². The summed E-state index contributed by atoms with van der Waals surface area (Å²) >= 11 is 5.72. The first-order valence-corrected chi connectivity index (χ1v) is 3.78. The van der Waals surface area contributed by atoms with Crippen LogP contribution in [-0.4, -0.2) is 12.3 Å². The van der Waals surface area contributed by atoms with Crippen LogP contribution in [0.1, 0.15) is 0 Å². The molecule has 2 aromatic rings. The Kier molecular flexibility index (Phi) is 1.66. The number of rotatable bonds is 1. The Labute approximate surface area is 73.9 Å². The molecule has 0 radical (unpaired) electrons. The third-order valence-corrected chi connectivity index (χ3v) is 1.91. The van der Waals surface area contributed by atoms with Crippen molar-refractivity contribution in [1.29, 1.82) is 0 Å². The molecule has 0 aliphatic carbocycles. The van der Waals surface area contributed by atoms with Gasteiger partial charge in [-0.25, -0.2) is 0 Å². The van der Waals surface area contributed by atoms with Crippen molar-refractivity contribution in [2.75, 3.05) is 7.11 Å². The molecule has 62 valence electrons. The maximum Gasteiger partial charge on any atom is 0.179 e. The molecule has 0 spiro atoms. The quantitative estimate of drug-likeness (QED) is 0.682. The molecule has 0 bridgehead atoms. The van der Waals surface area contributed by atoms with Gasteiger partial charge in [0.05, 0.1) is 12.5 Å². The fourth-order valence-electron chi connectivity index (χ4n) is 1.01. The fourth-order valence-corrected chi connectivity index (χ4v) is 1.20. The van der Waals surface area contributed by atoms with E-state index in [2.05, 4.69) is 5.16 Å². The van der Waals surface area contributed by atoms with Gasteiger partial charge >= 0.3 is 0 Å². The molecule has 12 heavy (non-hydrogen) atoms. The SMILES string of the molecule is COc1ccc2c(Cl)noc2c1. The highest BCUT2D eigenvalue weighted by molar-refractivity contribution is 6.34. The van der Waals surface area contributed by atoms with E-state index in [0.717, 1.165) is 11.1 Å². The Balaban J connectivity index is 2.69. The van der Waals surface area contributed by atoms with E-state index in [1.165, 1.54) is 0 Å². The number of nitrogens with zero attached hydrogens (tertiary/aromatic N) is 1. The van der Waals surface area contributed by atoms with E-state index in [9.17, 15) is 0 Å². The molecule has 3 nitrogen and oxygen atoms in total. The minimum atomic E-state index is 0.382. The van der Waals surface area contributed by atoms with Crippen LogP contribution in [-0.2, 0) is 0 Å². The number of methoxy groups -OCH3 is 1. The van der Waals surface area contributed by atoms with Crippen LogP contribution in [0.5, 0.6) is 5.75 Å². The number of hydrogen-bond donors (Lipinski definition) is 0. The van der Waals surface area contributed by atoms with E-state index in [4.69, 9.17) is 20.9 Å². The Morgan fingerprint density at radius 2 is 2.33 bits per heavy atom. The topological polar surface area (TPSA) is 35.3 Å². The molecule has 1 aromatic carbocycles. The Hall–Kier alpha value is -1.22. The number of benzene rings is 1. The van der Waals surface area contributed by atoms with Gasteiger partial charge in [0, 0.05) is 6.07 Å². The molecule has 2 rings (SSSR count). The number of aromatic nitrogens is 1. The first-order chi connectivity index (χ1) is 5.81. The molecule has 0 amide bonds. The van der Waals surface area contributed by atoms with Gasteiger partial charge in [-0.15, -0.1) is 0 Å². The van der Waals surface area contributed by atoms with Crippen molar-refractivity contribution in [3.63, 3.8) is 0 Å². The second-order valence-electron chi connectivity index (χ2n) is 2.34. The minimum absolute atomic E-state index is 0.382. The van der Waals surface area contributed by atoms with Crippen LogP contribution in [0.15, 0.2) is 22.7 Å². The van der Waals surface area contributed by atoms with Gasteiger partial charge in [-0.3, -0.25) is 0 Å². The summed E-state index contributed by atoms with van der Waals surface area (Å²) in [6.45, 7) is 0. The smallest absolute Gasteiger partial charge is 0.179 e. The standard InChI is InChI=1S/C8H6ClNO2/c1-11-5-2-3-6-7(4-5)12-10-8(6)9/h2-4H,1H3. The van der Waals surface area contributed by atoms with Gasteiger partial charge in [0.25, 0.3) is 0 Å². The summed E-state index contributed by atoms with van der Waals surface area (Å²) in [7, 11) is 1.60. The Morgan fingerprint density at radius 3 is 3.08 bits per heavy atom. The summed E-state index contributed by atoms with van der Waals surface area (Å²) in [5.41, 5.74) is 0.638. The van der Waals surface area contributed by atoms with Gasteiger partial charge in [-0.1, -0.05) is 16.8 Å². The highest BCUT2D eigenvalue weighted by Gasteiger charge is 2.05. The largest absolute Gasteiger partial charge is 0.497 e. The minimum Gasteiger partial charge on any atom is -0.497 e. The molecule has 4 heteroatoms. The molecule has 1 aromatic heterocycles. The molecule has 0 atom stereocenters. The lowest BCUT2D eigenvalue weighted by atomic mass is 10.2. The first-order valence-electron chi connectivity index (χ1n) is 3.40. The van der Waals surface area contributed by atoms with Crippen LogP contribution in [0.3, 0.4) is 0 Å². The predicted octanol–water partition coefficient (Wildman–Crippen LogP) is 2.49. The lowest BCUT2D eigenvalue weighted by Gasteiger charge is -1.96. The zero-order chi connectivity index (χ0) is 8.55. The molecule has 0 fully saturated rings. The monoisotopic (exact) mass is 183 g/mol. The second-order valence-corrected chi connectivity index (χ2v) is 2.69. The summed E-state index contributed by atoms with van der Waals surface area (Å²) in [6, 6.07) is 5.37. The van der Waals surface area contributed by atoms with E-state index < -0.39 is 0 Å². The number of ether oxygens (including phenoxy) is 1. The van der Waals surface area contributed by atoms with Crippen LogP contribution < -0.4 is 4.74 Å². The van der Waals surface area contributed by atoms with Gasteiger partial charge in [-0.2, -0.15) is 0 Å².